The van der Waals surface area contributed by atoms with Crippen LogP contribution in [0.5, 0.6) is 0 Å². The van der Waals surface area contributed by atoms with Crippen LogP contribution in [0.25, 0.3) is 0 Å². The summed E-state index contributed by atoms with van der Waals surface area (Å²) < 4.78 is 27.4. The monoisotopic (exact) mass is 491 g/mol. The molecule has 3 aromatic rings. The number of hydrogen-bond acceptors (Lipinski definition) is 4. The van der Waals surface area contributed by atoms with Crippen LogP contribution in [0.3, 0.4) is 0 Å². The molecule has 1 aliphatic heterocycles. The van der Waals surface area contributed by atoms with Gasteiger partial charge in [0.2, 0.25) is 15.9 Å². The molecule has 35 heavy (non-hydrogen) atoms. The van der Waals surface area contributed by atoms with Gasteiger partial charge in [0.25, 0.3) is 5.91 Å². The number of para-hydroxylation sites is 1. The van der Waals surface area contributed by atoms with Gasteiger partial charge in [0.15, 0.2) is 0 Å². The number of nitrogens with one attached hydrogen (secondary N) is 2. The summed E-state index contributed by atoms with van der Waals surface area (Å²) in [5.41, 5.74) is 1.73. The third kappa shape index (κ3) is 5.78. The second-order valence-corrected chi connectivity index (χ2v) is 10.6. The molecule has 2 atom stereocenters. The average molecular weight is 492 g/mol. The fraction of sp³-hybridized carbons (Fsp3) is 0.259. The van der Waals surface area contributed by atoms with Crippen LogP contribution in [0, 0.1) is 5.92 Å². The Morgan fingerprint density at radius 2 is 1.54 bits per heavy atom. The van der Waals surface area contributed by atoms with E-state index < -0.39 is 15.9 Å². The Balaban J connectivity index is 1.45. The Labute approximate surface area is 206 Å². The second-order valence-electron chi connectivity index (χ2n) is 8.66. The first-order chi connectivity index (χ1) is 16.9. The molecule has 1 fully saturated rings. The molecular formula is C27H29N3O4S. The molecule has 4 rings (SSSR count). The molecule has 1 saturated heterocycles. The van der Waals surface area contributed by atoms with E-state index in [1.54, 1.807) is 54.6 Å². The molecule has 0 aromatic heterocycles. The van der Waals surface area contributed by atoms with Crippen LogP contribution in [-0.2, 0) is 14.8 Å². The first-order valence-corrected chi connectivity index (χ1v) is 13.1. The van der Waals surface area contributed by atoms with Crippen molar-refractivity contribution in [1.29, 1.82) is 0 Å². The van der Waals surface area contributed by atoms with Gasteiger partial charge in [0.05, 0.1) is 28.1 Å². The lowest BCUT2D eigenvalue weighted by Crippen LogP contribution is -2.43. The van der Waals surface area contributed by atoms with Crippen molar-refractivity contribution in [3.8, 4) is 0 Å². The molecule has 0 spiro atoms. The summed E-state index contributed by atoms with van der Waals surface area (Å²) in [4.78, 5) is 26.3. The van der Waals surface area contributed by atoms with Crippen molar-refractivity contribution in [3.63, 3.8) is 0 Å². The van der Waals surface area contributed by atoms with Crippen molar-refractivity contribution >= 4 is 27.5 Å². The van der Waals surface area contributed by atoms with Crippen molar-refractivity contribution in [1.82, 2.24) is 9.62 Å². The Bertz CT molecular complexity index is 1280. The Morgan fingerprint density at radius 1 is 0.914 bits per heavy atom. The van der Waals surface area contributed by atoms with Crippen LogP contribution < -0.4 is 10.6 Å². The first-order valence-electron chi connectivity index (χ1n) is 11.7. The van der Waals surface area contributed by atoms with Crippen LogP contribution in [0.1, 0.15) is 41.7 Å². The molecule has 2 amide bonds. The highest BCUT2D eigenvalue weighted by molar-refractivity contribution is 7.89. The number of anilines is 1. The summed E-state index contributed by atoms with van der Waals surface area (Å²) in [7, 11) is -3.67. The zero-order valence-electron chi connectivity index (χ0n) is 19.6. The number of hydrogen-bond donors (Lipinski definition) is 2. The predicted molar refractivity (Wildman–Crippen MR) is 135 cm³/mol. The Morgan fingerprint density at radius 3 is 2.26 bits per heavy atom. The topological polar surface area (TPSA) is 95.6 Å². The summed E-state index contributed by atoms with van der Waals surface area (Å²) in [5.74, 6) is -1.11. The molecular weight excluding hydrogens is 462 g/mol. The van der Waals surface area contributed by atoms with Crippen LogP contribution in [0.2, 0.25) is 0 Å². The van der Waals surface area contributed by atoms with E-state index in [-0.39, 0.29) is 29.3 Å². The minimum absolute atomic E-state index is 0.0997. The average Bonchev–Trinajstić information content (AvgIpc) is 2.90. The number of carbonyl (C=O) groups is 2. The molecule has 1 aliphatic rings. The predicted octanol–water partition coefficient (Wildman–Crippen LogP) is 4.22. The van der Waals surface area contributed by atoms with Crippen LogP contribution >= 0.6 is 0 Å². The van der Waals surface area contributed by atoms with E-state index in [1.165, 1.54) is 4.31 Å². The third-order valence-corrected chi connectivity index (χ3v) is 8.09. The minimum Gasteiger partial charge on any atom is -0.345 e. The number of sulfonamides is 1. The van der Waals surface area contributed by atoms with Gasteiger partial charge in [-0.3, -0.25) is 9.59 Å². The molecule has 0 aliphatic carbocycles. The molecule has 7 nitrogen and oxygen atoms in total. The van der Waals surface area contributed by atoms with Crippen LogP contribution in [0.15, 0.2) is 89.8 Å². The van der Waals surface area contributed by atoms with Gasteiger partial charge in [-0.25, -0.2) is 8.42 Å². The third-order valence-electron chi connectivity index (χ3n) is 6.21. The molecule has 1 heterocycles. The summed E-state index contributed by atoms with van der Waals surface area (Å²) >= 11 is 0. The first kappa shape index (κ1) is 24.6. The van der Waals surface area contributed by atoms with Gasteiger partial charge in [-0.1, -0.05) is 60.7 Å². The van der Waals surface area contributed by atoms with Crippen molar-refractivity contribution in [2.75, 3.05) is 18.4 Å². The van der Waals surface area contributed by atoms with Crippen molar-refractivity contribution in [2.24, 2.45) is 5.92 Å². The lowest BCUT2D eigenvalue weighted by atomic mass is 9.98. The van der Waals surface area contributed by atoms with E-state index in [0.717, 1.165) is 5.56 Å². The smallest absolute Gasteiger partial charge is 0.253 e. The molecule has 182 valence electrons. The zero-order chi connectivity index (χ0) is 24.8. The molecule has 2 unspecified atom stereocenters. The standard InChI is InChI=1S/C27H29N3O4S/c1-20(21-11-4-2-5-12-21)28-27(32)24-16-8-9-17-25(24)29-26(31)22-13-10-18-30(19-22)35(33,34)23-14-6-3-7-15-23/h2-9,11-12,14-17,20,22H,10,13,18-19H2,1H3,(H,28,32)(H,29,31). The second kappa shape index (κ2) is 10.8. The van der Waals surface area contributed by atoms with Gasteiger partial charge in [-0.2, -0.15) is 4.31 Å². The Hall–Kier alpha value is -3.49. The van der Waals surface area contributed by atoms with Gasteiger partial charge >= 0.3 is 0 Å². The number of piperidine rings is 1. The van der Waals surface area contributed by atoms with Crippen LogP contribution in [0.4, 0.5) is 5.69 Å². The number of benzene rings is 3. The largest absolute Gasteiger partial charge is 0.345 e. The van der Waals surface area contributed by atoms with E-state index in [2.05, 4.69) is 10.6 Å². The number of amides is 2. The number of rotatable bonds is 7. The number of carbonyl (C=O) groups excluding carboxylic acids is 2. The lowest BCUT2D eigenvalue weighted by molar-refractivity contribution is -0.120. The maximum absolute atomic E-state index is 13.1. The normalized spacial score (nSPS) is 17.3. The quantitative estimate of drug-likeness (QED) is 0.517. The zero-order valence-corrected chi connectivity index (χ0v) is 20.4. The van der Waals surface area contributed by atoms with E-state index in [1.807, 2.05) is 37.3 Å². The van der Waals surface area contributed by atoms with E-state index in [9.17, 15) is 18.0 Å². The molecule has 0 bridgehead atoms. The summed E-state index contributed by atoms with van der Waals surface area (Å²) in [6, 6.07) is 24.5. The van der Waals surface area contributed by atoms with E-state index in [0.29, 0.717) is 30.6 Å². The summed E-state index contributed by atoms with van der Waals surface area (Å²) in [6.45, 7) is 2.37. The maximum atomic E-state index is 13.1. The van der Waals surface area contributed by atoms with Gasteiger partial charge in [0, 0.05) is 13.1 Å². The Kier molecular flexibility index (Phi) is 7.63. The van der Waals surface area contributed by atoms with Gasteiger partial charge < -0.3 is 10.6 Å². The van der Waals surface area contributed by atoms with Crippen molar-refractivity contribution in [2.45, 2.75) is 30.7 Å². The lowest BCUT2D eigenvalue weighted by Gasteiger charge is -2.31. The maximum Gasteiger partial charge on any atom is 0.253 e. The van der Waals surface area contributed by atoms with Crippen LogP contribution in [-0.4, -0.2) is 37.6 Å². The van der Waals surface area contributed by atoms with Gasteiger partial charge in [-0.15, -0.1) is 0 Å². The highest BCUT2D eigenvalue weighted by atomic mass is 32.2. The highest BCUT2D eigenvalue weighted by Gasteiger charge is 2.33. The fourth-order valence-electron chi connectivity index (χ4n) is 4.24. The summed E-state index contributed by atoms with van der Waals surface area (Å²) in [6.07, 6.45) is 1.16. The number of nitrogens with zero attached hydrogens (tertiary/aromatic N) is 1. The fourth-order valence-corrected chi connectivity index (χ4v) is 5.79. The van der Waals surface area contributed by atoms with E-state index in [4.69, 9.17) is 0 Å². The molecule has 3 aromatic carbocycles. The van der Waals surface area contributed by atoms with Crippen molar-refractivity contribution < 1.29 is 18.0 Å². The van der Waals surface area contributed by atoms with Gasteiger partial charge in [-0.05, 0) is 49.6 Å². The van der Waals surface area contributed by atoms with E-state index >= 15 is 0 Å². The molecule has 0 radical (unpaired) electrons. The minimum atomic E-state index is -3.67. The van der Waals surface area contributed by atoms with Gasteiger partial charge in [0.1, 0.15) is 0 Å². The van der Waals surface area contributed by atoms with Crippen molar-refractivity contribution in [3.05, 3.63) is 96.1 Å². The molecule has 0 saturated carbocycles. The SMILES string of the molecule is CC(NC(=O)c1ccccc1NC(=O)C1CCCN(S(=O)(=O)c2ccccc2)C1)c1ccccc1. The highest BCUT2D eigenvalue weighted by Crippen LogP contribution is 2.26. The molecule has 2 N–H and O–H groups in total. The summed E-state index contributed by atoms with van der Waals surface area (Å²) in [5, 5.41) is 5.84. The molecule has 8 heteroatoms.